The molecule has 0 unspecified atom stereocenters. The van der Waals surface area contributed by atoms with Gasteiger partial charge in [0.25, 0.3) is 0 Å². The van der Waals surface area contributed by atoms with E-state index in [1.165, 1.54) is 0 Å². The van der Waals surface area contributed by atoms with Crippen LogP contribution >= 0.6 is 58.0 Å². The van der Waals surface area contributed by atoms with Gasteiger partial charge < -0.3 is 4.74 Å². The van der Waals surface area contributed by atoms with Gasteiger partial charge in [-0.15, -0.1) is 0 Å². The summed E-state index contributed by atoms with van der Waals surface area (Å²) in [6, 6.07) is 6.44. The standard InChI is InChI=1S/C12H6Cl5NO/c13-7-3-8(14)11(9(15)4-7)19-5-6-1-2-10(16)18-12(6)17/h1-4H,5H2. The summed E-state index contributed by atoms with van der Waals surface area (Å²) in [7, 11) is 0. The SMILES string of the molecule is Clc1cc(Cl)c(OCc2ccc(Cl)nc2Cl)c(Cl)c1. The van der Waals surface area contributed by atoms with Crippen LogP contribution in [0.4, 0.5) is 0 Å². The monoisotopic (exact) mass is 355 g/mol. The molecule has 2 aromatic rings. The van der Waals surface area contributed by atoms with Crippen LogP contribution in [-0.4, -0.2) is 4.98 Å². The summed E-state index contributed by atoms with van der Waals surface area (Å²) in [5, 5.41) is 1.68. The lowest BCUT2D eigenvalue weighted by Gasteiger charge is -2.11. The highest BCUT2D eigenvalue weighted by Crippen LogP contribution is 2.36. The van der Waals surface area contributed by atoms with Crippen molar-refractivity contribution < 1.29 is 4.74 Å². The quantitative estimate of drug-likeness (QED) is 0.635. The van der Waals surface area contributed by atoms with Gasteiger partial charge in [0.2, 0.25) is 0 Å². The van der Waals surface area contributed by atoms with Crippen molar-refractivity contribution in [3.8, 4) is 5.75 Å². The van der Waals surface area contributed by atoms with Gasteiger partial charge in [-0.2, -0.15) is 0 Å². The number of ether oxygens (including phenoxy) is 1. The van der Waals surface area contributed by atoms with Crippen LogP contribution in [0.15, 0.2) is 24.3 Å². The van der Waals surface area contributed by atoms with Crippen LogP contribution < -0.4 is 4.74 Å². The zero-order chi connectivity index (χ0) is 14.0. The van der Waals surface area contributed by atoms with Crippen molar-refractivity contribution >= 4 is 58.0 Å². The minimum atomic E-state index is 0.171. The van der Waals surface area contributed by atoms with Gasteiger partial charge in [-0.1, -0.05) is 58.0 Å². The van der Waals surface area contributed by atoms with E-state index in [0.717, 1.165) is 0 Å². The van der Waals surface area contributed by atoms with Crippen molar-refractivity contribution in [2.45, 2.75) is 6.61 Å². The molecule has 1 aromatic carbocycles. The molecule has 0 fully saturated rings. The lowest BCUT2D eigenvalue weighted by Crippen LogP contribution is -1.98. The maximum Gasteiger partial charge on any atom is 0.157 e. The first kappa shape index (κ1) is 15.0. The lowest BCUT2D eigenvalue weighted by atomic mass is 10.3. The van der Waals surface area contributed by atoms with Crippen LogP contribution in [0.5, 0.6) is 5.75 Å². The minimum Gasteiger partial charge on any atom is -0.486 e. The first-order valence-corrected chi connectivity index (χ1v) is 6.94. The smallest absolute Gasteiger partial charge is 0.157 e. The second-order valence-electron chi connectivity index (χ2n) is 3.57. The second kappa shape index (κ2) is 6.38. The molecule has 0 amide bonds. The number of pyridine rings is 1. The normalized spacial score (nSPS) is 10.6. The molecule has 1 heterocycles. The molecule has 0 aliphatic rings. The van der Waals surface area contributed by atoms with Crippen molar-refractivity contribution in [2.75, 3.05) is 0 Å². The fraction of sp³-hybridized carbons (Fsp3) is 0.0833. The van der Waals surface area contributed by atoms with E-state index in [-0.39, 0.29) is 11.8 Å². The summed E-state index contributed by atoms with van der Waals surface area (Å²) in [5.41, 5.74) is 0.674. The van der Waals surface area contributed by atoms with Crippen LogP contribution in [0.2, 0.25) is 25.4 Å². The van der Waals surface area contributed by atoms with Crippen LogP contribution in [0.1, 0.15) is 5.56 Å². The first-order chi connectivity index (χ1) is 8.97. The Hall–Kier alpha value is -0.380. The molecule has 7 heteroatoms. The topological polar surface area (TPSA) is 22.1 Å². The summed E-state index contributed by atoms with van der Waals surface area (Å²) >= 11 is 29.5. The van der Waals surface area contributed by atoms with Gasteiger partial charge in [-0.3, -0.25) is 0 Å². The highest BCUT2D eigenvalue weighted by Gasteiger charge is 2.11. The number of aromatic nitrogens is 1. The Balaban J connectivity index is 2.19. The molecule has 100 valence electrons. The Morgan fingerprint density at radius 1 is 0.947 bits per heavy atom. The lowest BCUT2D eigenvalue weighted by molar-refractivity contribution is 0.306. The van der Waals surface area contributed by atoms with Crippen LogP contribution in [0.3, 0.4) is 0 Å². The molecule has 0 saturated heterocycles. The third-order valence-electron chi connectivity index (χ3n) is 2.23. The van der Waals surface area contributed by atoms with Crippen molar-refractivity contribution in [2.24, 2.45) is 0 Å². The van der Waals surface area contributed by atoms with Gasteiger partial charge in [0, 0.05) is 10.6 Å². The molecule has 0 atom stereocenters. The Morgan fingerprint density at radius 2 is 1.58 bits per heavy atom. The summed E-state index contributed by atoms with van der Waals surface area (Å²) in [5.74, 6) is 0.346. The average Bonchev–Trinajstić information content (AvgIpc) is 2.30. The number of benzene rings is 1. The summed E-state index contributed by atoms with van der Waals surface area (Å²) < 4.78 is 5.54. The Morgan fingerprint density at radius 3 is 2.16 bits per heavy atom. The molecule has 2 nitrogen and oxygen atoms in total. The number of rotatable bonds is 3. The van der Waals surface area contributed by atoms with E-state index < -0.39 is 0 Å². The van der Waals surface area contributed by atoms with E-state index in [4.69, 9.17) is 62.7 Å². The minimum absolute atomic E-state index is 0.171. The van der Waals surface area contributed by atoms with Crippen LogP contribution in [-0.2, 0) is 6.61 Å². The molecule has 1 aromatic heterocycles. The maximum atomic E-state index is 6.00. The van der Waals surface area contributed by atoms with E-state index in [1.807, 2.05) is 0 Å². The number of hydrogen-bond acceptors (Lipinski definition) is 2. The van der Waals surface area contributed by atoms with Gasteiger partial charge in [0.05, 0.1) is 10.0 Å². The Bertz CT molecular complexity index is 594. The fourth-order valence-corrected chi connectivity index (χ4v) is 2.69. The molecule has 0 spiro atoms. The van der Waals surface area contributed by atoms with E-state index in [2.05, 4.69) is 4.98 Å². The molecular weight excluding hydrogens is 351 g/mol. The molecule has 0 bridgehead atoms. The summed E-state index contributed by atoms with van der Waals surface area (Å²) in [6.07, 6.45) is 0. The van der Waals surface area contributed by atoms with Gasteiger partial charge in [-0.05, 0) is 24.3 Å². The Labute approximate surface area is 135 Å². The zero-order valence-electron chi connectivity index (χ0n) is 9.26. The van der Waals surface area contributed by atoms with Crippen molar-refractivity contribution in [3.63, 3.8) is 0 Å². The van der Waals surface area contributed by atoms with Crippen molar-refractivity contribution in [1.82, 2.24) is 4.98 Å². The third kappa shape index (κ3) is 3.80. The van der Waals surface area contributed by atoms with E-state index in [1.54, 1.807) is 24.3 Å². The molecule has 0 radical (unpaired) electrons. The third-order valence-corrected chi connectivity index (χ3v) is 3.54. The molecule has 0 aliphatic heterocycles. The van der Waals surface area contributed by atoms with Gasteiger partial charge >= 0.3 is 0 Å². The number of nitrogens with zero attached hydrogens (tertiary/aromatic N) is 1. The van der Waals surface area contributed by atoms with Gasteiger partial charge in [0.15, 0.2) is 5.75 Å². The van der Waals surface area contributed by atoms with Gasteiger partial charge in [0.1, 0.15) is 16.9 Å². The van der Waals surface area contributed by atoms with E-state index in [0.29, 0.717) is 31.5 Å². The summed E-state index contributed by atoms with van der Waals surface area (Å²) in [4.78, 5) is 3.91. The van der Waals surface area contributed by atoms with Crippen LogP contribution in [0.25, 0.3) is 0 Å². The zero-order valence-corrected chi connectivity index (χ0v) is 13.0. The van der Waals surface area contributed by atoms with Crippen LogP contribution in [0, 0.1) is 0 Å². The average molecular weight is 357 g/mol. The number of hydrogen-bond donors (Lipinski definition) is 0. The predicted octanol–water partition coefficient (Wildman–Crippen LogP) is 5.93. The molecule has 0 N–H and O–H groups in total. The highest BCUT2D eigenvalue weighted by molar-refractivity contribution is 6.40. The van der Waals surface area contributed by atoms with E-state index >= 15 is 0 Å². The molecule has 0 saturated carbocycles. The molecule has 0 aliphatic carbocycles. The summed E-state index contributed by atoms with van der Waals surface area (Å²) in [6.45, 7) is 0.171. The van der Waals surface area contributed by atoms with E-state index in [9.17, 15) is 0 Å². The maximum absolute atomic E-state index is 6.00. The molecular formula is C12H6Cl5NO. The van der Waals surface area contributed by atoms with Crippen molar-refractivity contribution in [1.29, 1.82) is 0 Å². The highest BCUT2D eigenvalue weighted by atomic mass is 35.5. The first-order valence-electron chi connectivity index (χ1n) is 5.05. The van der Waals surface area contributed by atoms with Crippen molar-refractivity contribution in [3.05, 3.63) is 55.2 Å². The second-order valence-corrected chi connectivity index (χ2v) is 5.57. The molecule has 2 rings (SSSR count). The molecule has 19 heavy (non-hydrogen) atoms. The van der Waals surface area contributed by atoms with Gasteiger partial charge in [-0.25, -0.2) is 4.98 Å². The number of halogens is 5. The predicted molar refractivity (Wildman–Crippen MR) is 80.1 cm³/mol. The fourth-order valence-electron chi connectivity index (χ4n) is 1.37. The largest absolute Gasteiger partial charge is 0.486 e. The Kier molecular flexibility index (Phi) is 5.04.